The normalized spacial score (nSPS) is 17.2. The van der Waals surface area contributed by atoms with Crippen molar-refractivity contribution in [1.29, 1.82) is 0 Å². The molecule has 0 aliphatic carbocycles. The third kappa shape index (κ3) is 2.90. The van der Waals surface area contributed by atoms with Gasteiger partial charge in [-0.2, -0.15) is 0 Å². The molecule has 1 aromatic carbocycles. The second kappa shape index (κ2) is 4.88. The Bertz CT molecular complexity index is 582. The third-order valence-electron chi connectivity index (χ3n) is 2.64. The van der Waals surface area contributed by atoms with Gasteiger partial charge in [0.1, 0.15) is 5.75 Å². The highest BCUT2D eigenvalue weighted by atomic mass is 16.7. The van der Waals surface area contributed by atoms with Gasteiger partial charge >= 0.3 is 11.9 Å². The summed E-state index contributed by atoms with van der Waals surface area (Å²) in [6.07, 6.45) is 1.16. The molecule has 0 atom stereocenters. The molecule has 0 unspecified atom stereocenters. The van der Waals surface area contributed by atoms with E-state index in [2.05, 4.69) is 5.32 Å². The molecule has 6 nitrogen and oxygen atoms in total. The Hall–Kier alpha value is -2.50. The quantitative estimate of drug-likeness (QED) is 0.371. The van der Waals surface area contributed by atoms with Gasteiger partial charge in [0.15, 0.2) is 5.57 Å². The zero-order valence-corrected chi connectivity index (χ0v) is 11.4. The number of aromatic hydroxyl groups is 1. The molecular weight excluding hydrogens is 262 g/mol. The summed E-state index contributed by atoms with van der Waals surface area (Å²) in [5, 5.41) is 12.4. The fourth-order valence-corrected chi connectivity index (χ4v) is 1.69. The number of hydrogen-bond acceptors (Lipinski definition) is 6. The first kappa shape index (κ1) is 13.9. The van der Waals surface area contributed by atoms with Crippen LogP contribution in [0.25, 0.3) is 0 Å². The molecule has 2 rings (SSSR count). The average Bonchev–Trinajstić information content (AvgIpc) is 2.30. The lowest BCUT2D eigenvalue weighted by Gasteiger charge is -2.29. The minimum Gasteiger partial charge on any atom is -0.506 e. The van der Waals surface area contributed by atoms with Crippen LogP contribution in [0.3, 0.4) is 0 Å². The van der Waals surface area contributed by atoms with Crippen LogP contribution in [0, 0.1) is 6.92 Å². The van der Waals surface area contributed by atoms with Crippen LogP contribution in [-0.4, -0.2) is 22.8 Å². The Kier molecular flexibility index (Phi) is 3.40. The number of carbonyl (C=O) groups is 2. The van der Waals surface area contributed by atoms with E-state index in [-0.39, 0.29) is 11.3 Å². The lowest BCUT2D eigenvalue weighted by molar-refractivity contribution is -0.222. The number of hydrogen-bond donors (Lipinski definition) is 2. The summed E-state index contributed by atoms with van der Waals surface area (Å²) < 4.78 is 9.89. The summed E-state index contributed by atoms with van der Waals surface area (Å²) in [6, 6.07) is 4.92. The molecule has 0 aromatic heterocycles. The van der Waals surface area contributed by atoms with Crippen molar-refractivity contribution >= 4 is 17.6 Å². The highest BCUT2D eigenvalue weighted by Crippen LogP contribution is 2.26. The van der Waals surface area contributed by atoms with Crippen molar-refractivity contribution in [3.8, 4) is 5.75 Å². The molecule has 0 saturated carbocycles. The minimum absolute atomic E-state index is 0.00493. The molecule has 0 radical (unpaired) electrons. The predicted molar refractivity (Wildman–Crippen MR) is 70.8 cm³/mol. The maximum atomic E-state index is 11.7. The molecule has 1 aliphatic rings. The SMILES string of the molecule is Cc1ccc(O)c(NC=C2C(=O)OC(C)(C)OC2=O)c1. The number of aryl methyl sites for hydroxylation is 1. The zero-order valence-electron chi connectivity index (χ0n) is 11.4. The van der Waals surface area contributed by atoms with Gasteiger partial charge in [0.2, 0.25) is 0 Å². The smallest absolute Gasteiger partial charge is 0.350 e. The lowest BCUT2D eigenvalue weighted by atomic mass is 10.2. The van der Waals surface area contributed by atoms with Gasteiger partial charge in [0.25, 0.3) is 5.79 Å². The molecule has 106 valence electrons. The summed E-state index contributed by atoms with van der Waals surface area (Å²) in [4.78, 5) is 23.4. The highest BCUT2D eigenvalue weighted by Gasteiger charge is 2.38. The fraction of sp³-hybridized carbons (Fsp3) is 0.286. The summed E-state index contributed by atoms with van der Waals surface area (Å²) >= 11 is 0. The summed E-state index contributed by atoms with van der Waals surface area (Å²) in [7, 11) is 0. The monoisotopic (exact) mass is 277 g/mol. The van der Waals surface area contributed by atoms with Crippen LogP contribution in [0.4, 0.5) is 5.69 Å². The molecule has 20 heavy (non-hydrogen) atoms. The van der Waals surface area contributed by atoms with Gasteiger partial charge in [-0.1, -0.05) is 6.07 Å². The maximum absolute atomic E-state index is 11.7. The van der Waals surface area contributed by atoms with Crippen molar-refractivity contribution in [3.63, 3.8) is 0 Å². The molecule has 1 saturated heterocycles. The Morgan fingerprint density at radius 1 is 1.20 bits per heavy atom. The van der Waals surface area contributed by atoms with Gasteiger partial charge in [-0.3, -0.25) is 0 Å². The van der Waals surface area contributed by atoms with Gasteiger partial charge < -0.3 is 19.9 Å². The predicted octanol–water partition coefficient (Wildman–Crippen LogP) is 1.83. The molecule has 2 N–H and O–H groups in total. The topological polar surface area (TPSA) is 84.9 Å². The van der Waals surface area contributed by atoms with Crippen LogP contribution < -0.4 is 5.32 Å². The van der Waals surface area contributed by atoms with E-state index < -0.39 is 17.7 Å². The number of esters is 2. The van der Waals surface area contributed by atoms with Crippen LogP contribution >= 0.6 is 0 Å². The Balaban J connectivity index is 2.21. The second-order valence-corrected chi connectivity index (χ2v) is 4.90. The Labute approximate surface area is 116 Å². The number of phenols is 1. The highest BCUT2D eigenvalue weighted by molar-refractivity contribution is 6.15. The van der Waals surface area contributed by atoms with Crippen LogP contribution in [-0.2, 0) is 19.1 Å². The number of rotatable bonds is 2. The van der Waals surface area contributed by atoms with Crippen molar-refractivity contribution in [2.75, 3.05) is 5.32 Å². The summed E-state index contributed by atoms with van der Waals surface area (Å²) in [5.74, 6) is -2.81. The number of benzene rings is 1. The molecule has 1 heterocycles. The van der Waals surface area contributed by atoms with E-state index in [1.807, 2.05) is 6.92 Å². The van der Waals surface area contributed by atoms with Crippen molar-refractivity contribution in [2.45, 2.75) is 26.6 Å². The van der Waals surface area contributed by atoms with Gasteiger partial charge in [-0.25, -0.2) is 9.59 Å². The zero-order chi connectivity index (χ0) is 14.9. The number of anilines is 1. The van der Waals surface area contributed by atoms with Crippen LogP contribution in [0.1, 0.15) is 19.4 Å². The summed E-state index contributed by atoms with van der Waals surface area (Å²) in [5.41, 5.74) is 1.03. The number of phenolic OH excluding ortho intramolecular Hbond substituents is 1. The van der Waals surface area contributed by atoms with Crippen molar-refractivity contribution in [3.05, 3.63) is 35.5 Å². The van der Waals surface area contributed by atoms with E-state index in [9.17, 15) is 14.7 Å². The van der Waals surface area contributed by atoms with Gasteiger partial charge in [-0.15, -0.1) is 0 Å². The van der Waals surface area contributed by atoms with Crippen molar-refractivity contribution in [2.24, 2.45) is 0 Å². The number of carbonyl (C=O) groups excluding carboxylic acids is 2. The van der Waals surface area contributed by atoms with Crippen LogP contribution in [0.5, 0.6) is 5.75 Å². The van der Waals surface area contributed by atoms with E-state index in [0.29, 0.717) is 5.69 Å². The first-order valence-electron chi connectivity index (χ1n) is 6.01. The molecule has 0 amide bonds. The lowest BCUT2D eigenvalue weighted by Crippen LogP contribution is -2.42. The largest absolute Gasteiger partial charge is 0.506 e. The van der Waals surface area contributed by atoms with Gasteiger partial charge in [-0.05, 0) is 24.6 Å². The fourth-order valence-electron chi connectivity index (χ4n) is 1.69. The molecule has 1 fully saturated rings. The molecule has 0 spiro atoms. The standard InChI is InChI=1S/C14H15NO5/c1-8-4-5-11(16)10(6-8)15-7-9-12(17)19-14(2,3)20-13(9)18/h4-7,15-16H,1-3H3. The number of nitrogens with one attached hydrogen (secondary N) is 1. The Morgan fingerprint density at radius 3 is 2.40 bits per heavy atom. The maximum Gasteiger partial charge on any atom is 0.350 e. The number of cyclic esters (lactones) is 2. The van der Waals surface area contributed by atoms with Crippen LogP contribution in [0.2, 0.25) is 0 Å². The molecular formula is C14H15NO5. The first-order valence-corrected chi connectivity index (χ1v) is 6.01. The summed E-state index contributed by atoms with van der Waals surface area (Å²) in [6.45, 7) is 4.79. The minimum atomic E-state index is -1.27. The van der Waals surface area contributed by atoms with Gasteiger partial charge in [0.05, 0.1) is 5.69 Å². The molecule has 0 bridgehead atoms. The van der Waals surface area contributed by atoms with E-state index in [1.54, 1.807) is 12.1 Å². The van der Waals surface area contributed by atoms with E-state index >= 15 is 0 Å². The Morgan fingerprint density at radius 2 is 1.80 bits per heavy atom. The average molecular weight is 277 g/mol. The van der Waals surface area contributed by atoms with Crippen molar-refractivity contribution < 1.29 is 24.2 Å². The molecule has 6 heteroatoms. The third-order valence-corrected chi connectivity index (χ3v) is 2.64. The number of ether oxygens (including phenoxy) is 2. The van der Waals surface area contributed by atoms with E-state index in [0.717, 1.165) is 11.8 Å². The van der Waals surface area contributed by atoms with E-state index in [4.69, 9.17) is 9.47 Å². The van der Waals surface area contributed by atoms with Gasteiger partial charge in [0, 0.05) is 20.0 Å². The molecule has 1 aliphatic heterocycles. The molecule has 1 aromatic rings. The van der Waals surface area contributed by atoms with E-state index in [1.165, 1.54) is 19.9 Å². The van der Waals surface area contributed by atoms with Crippen molar-refractivity contribution in [1.82, 2.24) is 0 Å². The van der Waals surface area contributed by atoms with Crippen LogP contribution in [0.15, 0.2) is 30.0 Å². The second-order valence-electron chi connectivity index (χ2n) is 4.90. The first-order chi connectivity index (χ1) is 9.28.